The van der Waals surface area contributed by atoms with E-state index in [4.69, 9.17) is 14.2 Å². The zero-order valence-corrected chi connectivity index (χ0v) is 45.7. The lowest BCUT2D eigenvalue weighted by molar-refractivity contribution is -0.305. The van der Waals surface area contributed by atoms with Crippen molar-refractivity contribution in [2.45, 2.75) is 256 Å². The van der Waals surface area contributed by atoms with Crippen molar-refractivity contribution in [2.24, 2.45) is 0 Å². The first-order valence-corrected chi connectivity index (χ1v) is 28.7. The van der Waals surface area contributed by atoms with Crippen molar-refractivity contribution in [3.8, 4) is 0 Å². The number of aliphatic hydroxyl groups is 5. The number of rotatable bonds is 46. The van der Waals surface area contributed by atoms with Gasteiger partial charge in [-0.3, -0.25) is 9.59 Å². The van der Waals surface area contributed by atoms with E-state index in [1.165, 1.54) is 70.6 Å². The van der Waals surface area contributed by atoms with E-state index in [1.807, 2.05) is 54.7 Å². The molecule has 0 spiro atoms. The number of amides is 1. The molecule has 11 nitrogen and oxygen atoms in total. The fraction of sp³-hybridized carbons (Fsp3) is 0.677. The van der Waals surface area contributed by atoms with Gasteiger partial charge in [-0.2, -0.15) is 0 Å². The van der Waals surface area contributed by atoms with Gasteiger partial charge in [0.05, 0.1) is 25.4 Å². The summed E-state index contributed by atoms with van der Waals surface area (Å²) in [5.74, 6) is -1.29. The number of hydrogen-bond donors (Lipinski definition) is 6. The van der Waals surface area contributed by atoms with Crippen LogP contribution in [0.25, 0.3) is 0 Å². The summed E-state index contributed by atoms with van der Waals surface area (Å²) in [6, 6.07) is -1.06. The summed E-state index contributed by atoms with van der Waals surface area (Å²) >= 11 is 0. The molecule has 1 rings (SSSR count). The lowest BCUT2D eigenvalue weighted by atomic mass is 9.99. The van der Waals surface area contributed by atoms with Gasteiger partial charge in [0.2, 0.25) is 5.91 Å². The molecule has 1 saturated heterocycles. The fourth-order valence-electron chi connectivity index (χ4n) is 8.18. The first-order valence-electron chi connectivity index (χ1n) is 28.7. The van der Waals surface area contributed by atoms with E-state index in [2.05, 4.69) is 74.7 Å². The molecule has 1 aliphatic rings. The van der Waals surface area contributed by atoms with E-state index in [-0.39, 0.29) is 19.4 Å². The maximum Gasteiger partial charge on any atom is 0.306 e. The average Bonchev–Trinajstić information content (AvgIpc) is 3.39. The molecule has 1 fully saturated rings. The van der Waals surface area contributed by atoms with Crippen LogP contribution < -0.4 is 5.32 Å². The number of aliphatic hydroxyl groups excluding tert-OH is 5. The molecular formula is C62H103NO10. The van der Waals surface area contributed by atoms with Crippen LogP contribution >= 0.6 is 0 Å². The van der Waals surface area contributed by atoms with Crippen LogP contribution in [0.15, 0.2) is 109 Å². The predicted molar refractivity (Wildman–Crippen MR) is 301 cm³/mol. The highest BCUT2D eigenvalue weighted by Crippen LogP contribution is 2.26. The van der Waals surface area contributed by atoms with Crippen molar-refractivity contribution in [3.63, 3.8) is 0 Å². The first kappa shape index (κ1) is 67.3. The Hall–Kier alpha value is -3.68. The van der Waals surface area contributed by atoms with Crippen molar-refractivity contribution in [1.29, 1.82) is 0 Å². The molecule has 0 aromatic heterocycles. The number of carbonyl (C=O) groups is 2. The summed E-state index contributed by atoms with van der Waals surface area (Å²) < 4.78 is 17.5. The van der Waals surface area contributed by atoms with E-state index in [0.717, 1.165) is 89.9 Å². The monoisotopic (exact) mass is 1020 g/mol. The number of ether oxygens (including phenoxy) is 3. The molecule has 0 radical (unpaired) electrons. The smallest absolute Gasteiger partial charge is 0.306 e. The molecule has 73 heavy (non-hydrogen) atoms. The van der Waals surface area contributed by atoms with E-state index in [0.29, 0.717) is 12.8 Å². The maximum atomic E-state index is 13.4. The van der Waals surface area contributed by atoms with Crippen LogP contribution in [0.1, 0.15) is 207 Å². The molecule has 6 N–H and O–H groups in total. The predicted octanol–water partition coefficient (Wildman–Crippen LogP) is 12.9. The Balaban J connectivity index is 2.81. The van der Waals surface area contributed by atoms with Crippen LogP contribution in [-0.4, -0.2) is 99.6 Å². The molecule has 0 saturated carbocycles. The summed E-state index contributed by atoms with van der Waals surface area (Å²) in [5.41, 5.74) is 0. The Morgan fingerprint density at radius 2 is 1.04 bits per heavy atom. The fourth-order valence-corrected chi connectivity index (χ4v) is 8.18. The molecule has 0 bridgehead atoms. The average molecular weight is 1020 g/mol. The minimum atomic E-state index is -1.64. The second kappa shape index (κ2) is 49.2. The van der Waals surface area contributed by atoms with Crippen LogP contribution in [0.4, 0.5) is 0 Å². The van der Waals surface area contributed by atoms with Gasteiger partial charge >= 0.3 is 5.97 Å². The molecule has 0 aliphatic carbocycles. The van der Waals surface area contributed by atoms with Crippen LogP contribution in [0.3, 0.4) is 0 Å². The third-order valence-corrected chi connectivity index (χ3v) is 12.8. The molecule has 8 unspecified atom stereocenters. The van der Waals surface area contributed by atoms with Gasteiger partial charge in [0.25, 0.3) is 0 Å². The normalized spacial score (nSPS) is 20.2. The van der Waals surface area contributed by atoms with Crippen LogP contribution in [0, 0.1) is 0 Å². The van der Waals surface area contributed by atoms with E-state index in [1.54, 1.807) is 6.08 Å². The second-order valence-corrected chi connectivity index (χ2v) is 19.4. The highest BCUT2D eigenvalue weighted by molar-refractivity contribution is 5.80. The maximum absolute atomic E-state index is 13.4. The van der Waals surface area contributed by atoms with Crippen LogP contribution in [0.2, 0.25) is 0 Å². The molecule has 416 valence electrons. The Morgan fingerprint density at radius 1 is 0.562 bits per heavy atom. The Labute approximate surface area is 443 Å². The standard InChI is InChI=1S/C62H103NO10/c1-4-7-10-13-16-19-22-25-27-29-31-34-37-40-43-46-49-55(66)61(70)63-53(54(65)48-45-42-39-36-33-30-24-21-18-15-12-9-6-3)52-71-62-60(59(69)58(68)56(51-64)72-62)73-57(67)50-47-44-41-38-35-32-28-26-23-20-17-14-11-8-5-2/h8,11,14,16-17,19-20,23,25-28,31,34,40,43,45,48,53-56,58-60,62,64-66,68-69H,4-7,9-10,12-13,15,18,21-22,24,29-30,32-33,35-39,41-42,44,46-47,49-52H2,1-3H3,(H,63,70)/b11-8+,17-14+,19-16-,23-20+,27-25-,28-26-,34-31-,43-40-,48-45+. The van der Waals surface area contributed by atoms with Gasteiger partial charge in [-0.15, -0.1) is 0 Å². The molecule has 1 aliphatic heterocycles. The lowest BCUT2D eigenvalue weighted by Crippen LogP contribution is -2.61. The Morgan fingerprint density at radius 3 is 1.63 bits per heavy atom. The van der Waals surface area contributed by atoms with Gasteiger partial charge in [-0.25, -0.2) is 0 Å². The molecule has 1 heterocycles. The summed E-state index contributed by atoms with van der Waals surface area (Å²) in [5, 5.41) is 56.7. The van der Waals surface area contributed by atoms with Gasteiger partial charge in [-0.05, 0) is 83.5 Å². The Bertz CT molecular complexity index is 1600. The number of nitrogens with one attached hydrogen (secondary N) is 1. The number of esters is 1. The van der Waals surface area contributed by atoms with E-state index < -0.39 is 67.4 Å². The van der Waals surface area contributed by atoms with Crippen LogP contribution in [-0.2, 0) is 23.8 Å². The minimum absolute atomic E-state index is 0.0847. The minimum Gasteiger partial charge on any atom is -0.454 e. The zero-order chi connectivity index (χ0) is 53.3. The van der Waals surface area contributed by atoms with Crippen molar-refractivity contribution >= 4 is 11.9 Å². The molecule has 1 amide bonds. The largest absolute Gasteiger partial charge is 0.454 e. The van der Waals surface area contributed by atoms with E-state index >= 15 is 0 Å². The van der Waals surface area contributed by atoms with E-state index in [9.17, 15) is 35.1 Å². The SMILES string of the molecule is CC/C=C/C=C/C=C/C=C\CCCCCCCC(=O)OC1C(OCC(NC(=O)C(O)CC/C=C\C/C=C\C/C=C\C/C=C\CCCCC)C(O)/C=C/CCCCCCCCCCCCC)OC(CO)C(O)C1O. The summed E-state index contributed by atoms with van der Waals surface area (Å²) in [4.78, 5) is 26.4. The van der Waals surface area contributed by atoms with Crippen molar-refractivity contribution in [3.05, 3.63) is 109 Å². The van der Waals surface area contributed by atoms with Gasteiger partial charge < -0.3 is 45.1 Å². The second-order valence-electron chi connectivity index (χ2n) is 19.4. The Kier molecular flexibility index (Phi) is 45.4. The third-order valence-electron chi connectivity index (χ3n) is 12.8. The highest BCUT2D eigenvalue weighted by Gasteiger charge is 2.47. The molecule has 11 heteroatoms. The van der Waals surface area contributed by atoms with Gasteiger partial charge in [0, 0.05) is 6.42 Å². The summed E-state index contributed by atoms with van der Waals surface area (Å²) in [7, 11) is 0. The topological polar surface area (TPSA) is 175 Å². The third kappa shape index (κ3) is 37.7. The number of unbranched alkanes of at least 4 members (excludes halogenated alkanes) is 19. The lowest BCUT2D eigenvalue weighted by Gasteiger charge is -2.41. The highest BCUT2D eigenvalue weighted by atomic mass is 16.7. The molecule has 0 aromatic rings. The number of allylic oxidation sites excluding steroid dienone is 17. The van der Waals surface area contributed by atoms with Gasteiger partial charge in [-0.1, -0.05) is 226 Å². The molecule has 8 atom stereocenters. The number of hydrogen-bond acceptors (Lipinski definition) is 10. The zero-order valence-electron chi connectivity index (χ0n) is 45.7. The summed E-state index contributed by atoms with van der Waals surface area (Å²) in [6.07, 6.45) is 55.6. The van der Waals surface area contributed by atoms with Crippen LogP contribution in [0.5, 0.6) is 0 Å². The van der Waals surface area contributed by atoms with Gasteiger partial charge in [0.15, 0.2) is 12.4 Å². The van der Waals surface area contributed by atoms with Crippen molar-refractivity contribution in [2.75, 3.05) is 13.2 Å². The quantitative estimate of drug-likeness (QED) is 0.0149. The van der Waals surface area contributed by atoms with Crippen molar-refractivity contribution in [1.82, 2.24) is 5.32 Å². The van der Waals surface area contributed by atoms with Gasteiger partial charge in [0.1, 0.15) is 24.4 Å². The number of carbonyl (C=O) groups excluding carboxylic acids is 2. The first-order chi connectivity index (χ1) is 35.7. The summed E-state index contributed by atoms with van der Waals surface area (Å²) in [6.45, 7) is 5.55. The van der Waals surface area contributed by atoms with Crippen molar-refractivity contribution < 1.29 is 49.3 Å². The molecular weight excluding hydrogens is 919 g/mol. The molecule has 0 aromatic carbocycles.